The molecule has 0 spiro atoms. The fraction of sp³-hybridized carbons (Fsp3) is 0.269. The lowest BCUT2D eigenvalue weighted by Gasteiger charge is -2.28. The van der Waals surface area contributed by atoms with E-state index in [-0.39, 0.29) is 11.4 Å². The van der Waals surface area contributed by atoms with Crippen LogP contribution in [0.4, 0.5) is 5.69 Å². The molecule has 3 aromatic rings. The summed E-state index contributed by atoms with van der Waals surface area (Å²) in [5.74, 6) is -0.309. The number of anilines is 1. The number of hydrogen-bond donors (Lipinski definition) is 0. The lowest BCUT2D eigenvalue weighted by atomic mass is 9.85. The Morgan fingerprint density at radius 2 is 1.34 bits per heavy atom. The lowest BCUT2D eigenvalue weighted by molar-refractivity contribution is 0.0600. The zero-order chi connectivity index (χ0) is 20.9. The van der Waals surface area contributed by atoms with E-state index in [1.807, 2.05) is 24.3 Å². The highest BCUT2D eigenvalue weighted by molar-refractivity contribution is 5.91. The third-order valence-corrected chi connectivity index (χ3v) is 5.00. The smallest absolute Gasteiger partial charge is 0.337 e. The first-order valence-electron chi connectivity index (χ1n) is 9.93. The fourth-order valence-electron chi connectivity index (χ4n) is 3.31. The van der Waals surface area contributed by atoms with Gasteiger partial charge in [-0.1, -0.05) is 81.4 Å². The molecule has 3 aromatic carbocycles. The first-order valence-corrected chi connectivity index (χ1v) is 9.93. The van der Waals surface area contributed by atoms with Crippen LogP contribution >= 0.6 is 0 Å². The van der Waals surface area contributed by atoms with Crippen LogP contribution in [-0.4, -0.2) is 13.1 Å². The van der Waals surface area contributed by atoms with Gasteiger partial charge in [0.15, 0.2) is 0 Å². The number of hydrogen-bond acceptors (Lipinski definition) is 3. The van der Waals surface area contributed by atoms with Crippen LogP contribution in [0.25, 0.3) is 0 Å². The van der Waals surface area contributed by atoms with Gasteiger partial charge in [-0.15, -0.1) is 0 Å². The molecule has 150 valence electrons. The molecule has 0 aliphatic heterocycles. The summed E-state index contributed by atoms with van der Waals surface area (Å²) >= 11 is 0. The Morgan fingerprint density at radius 1 is 0.828 bits per heavy atom. The van der Waals surface area contributed by atoms with Crippen LogP contribution in [0.15, 0.2) is 78.9 Å². The second kappa shape index (κ2) is 8.95. The average Bonchev–Trinajstić information content (AvgIpc) is 2.73. The van der Waals surface area contributed by atoms with Crippen LogP contribution in [0.2, 0.25) is 0 Å². The summed E-state index contributed by atoms with van der Waals surface area (Å²) in [6.07, 6.45) is 0. The number of benzene rings is 3. The maximum atomic E-state index is 12.3. The third-order valence-electron chi connectivity index (χ3n) is 5.00. The van der Waals surface area contributed by atoms with E-state index in [0.717, 1.165) is 24.3 Å². The summed E-state index contributed by atoms with van der Waals surface area (Å²) in [5.41, 5.74) is 5.09. The van der Waals surface area contributed by atoms with Gasteiger partial charge in [-0.25, -0.2) is 4.79 Å². The summed E-state index contributed by atoms with van der Waals surface area (Å²) < 4.78 is 5.02. The van der Waals surface area contributed by atoms with Crippen LogP contribution in [0.5, 0.6) is 0 Å². The SMILES string of the molecule is COC(=O)c1cc(N(Cc2ccccc2)Cc2ccccc2)cc(C(C)(C)C)c1. The molecule has 0 amide bonds. The van der Waals surface area contributed by atoms with Gasteiger partial charge in [0.05, 0.1) is 12.7 Å². The summed E-state index contributed by atoms with van der Waals surface area (Å²) in [6.45, 7) is 7.98. The van der Waals surface area contributed by atoms with Crippen molar-refractivity contribution in [1.82, 2.24) is 0 Å². The van der Waals surface area contributed by atoms with Gasteiger partial charge in [0.2, 0.25) is 0 Å². The number of esters is 1. The van der Waals surface area contributed by atoms with Crippen molar-refractivity contribution < 1.29 is 9.53 Å². The number of nitrogens with zero attached hydrogens (tertiary/aromatic N) is 1. The van der Waals surface area contributed by atoms with E-state index in [1.54, 1.807) is 0 Å². The van der Waals surface area contributed by atoms with Crippen molar-refractivity contribution in [2.24, 2.45) is 0 Å². The van der Waals surface area contributed by atoms with Gasteiger partial charge in [0, 0.05) is 18.8 Å². The summed E-state index contributed by atoms with van der Waals surface area (Å²) in [5, 5.41) is 0. The Bertz CT molecular complexity index is 902. The molecule has 0 heterocycles. The first kappa shape index (κ1) is 20.7. The summed E-state index contributed by atoms with van der Waals surface area (Å²) in [6, 6.07) is 26.9. The molecule has 0 saturated carbocycles. The van der Waals surface area contributed by atoms with E-state index < -0.39 is 0 Å². The predicted molar refractivity (Wildman–Crippen MR) is 119 cm³/mol. The van der Waals surface area contributed by atoms with Crippen molar-refractivity contribution in [3.05, 3.63) is 101 Å². The fourth-order valence-corrected chi connectivity index (χ4v) is 3.31. The summed E-state index contributed by atoms with van der Waals surface area (Å²) in [4.78, 5) is 14.7. The minimum Gasteiger partial charge on any atom is -0.465 e. The summed E-state index contributed by atoms with van der Waals surface area (Å²) in [7, 11) is 1.43. The Hall–Kier alpha value is -3.07. The molecule has 0 aromatic heterocycles. The number of ether oxygens (including phenoxy) is 1. The first-order chi connectivity index (χ1) is 13.9. The molecule has 0 aliphatic rings. The monoisotopic (exact) mass is 387 g/mol. The van der Waals surface area contributed by atoms with E-state index in [0.29, 0.717) is 5.56 Å². The van der Waals surface area contributed by atoms with Crippen molar-refractivity contribution in [1.29, 1.82) is 0 Å². The molecule has 0 bridgehead atoms. The molecule has 29 heavy (non-hydrogen) atoms. The van der Waals surface area contributed by atoms with Crippen LogP contribution < -0.4 is 4.90 Å². The molecule has 0 saturated heterocycles. The standard InChI is InChI=1S/C26H29NO2/c1-26(2,3)23-15-22(25(28)29-4)16-24(17-23)27(18-20-11-7-5-8-12-20)19-21-13-9-6-10-14-21/h5-17H,18-19H2,1-4H3. The van der Waals surface area contributed by atoms with Crippen LogP contribution in [-0.2, 0) is 23.2 Å². The second-order valence-corrected chi connectivity index (χ2v) is 8.34. The Balaban J connectivity index is 2.06. The van der Waals surface area contributed by atoms with E-state index in [1.165, 1.54) is 18.2 Å². The van der Waals surface area contributed by atoms with Gasteiger partial charge in [-0.05, 0) is 40.3 Å². The van der Waals surface area contributed by atoms with Gasteiger partial charge in [0.25, 0.3) is 0 Å². The zero-order valence-corrected chi connectivity index (χ0v) is 17.7. The topological polar surface area (TPSA) is 29.5 Å². The van der Waals surface area contributed by atoms with Crippen molar-refractivity contribution >= 4 is 11.7 Å². The minimum absolute atomic E-state index is 0.0794. The quantitative estimate of drug-likeness (QED) is 0.488. The molecule has 0 fully saturated rings. The molecular weight excluding hydrogens is 358 g/mol. The minimum atomic E-state index is -0.309. The normalized spacial score (nSPS) is 11.2. The van der Waals surface area contributed by atoms with E-state index in [9.17, 15) is 4.79 Å². The Kier molecular flexibility index (Phi) is 6.38. The van der Waals surface area contributed by atoms with Crippen molar-refractivity contribution in [2.75, 3.05) is 12.0 Å². The van der Waals surface area contributed by atoms with Gasteiger partial charge < -0.3 is 9.64 Å². The highest BCUT2D eigenvalue weighted by Crippen LogP contribution is 2.30. The Morgan fingerprint density at radius 3 is 1.79 bits per heavy atom. The second-order valence-electron chi connectivity index (χ2n) is 8.34. The number of methoxy groups -OCH3 is 1. The maximum absolute atomic E-state index is 12.3. The highest BCUT2D eigenvalue weighted by Gasteiger charge is 2.20. The van der Waals surface area contributed by atoms with Crippen molar-refractivity contribution in [2.45, 2.75) is 39.3 Å². The van der Waals surface area contributed by atoms with Gasteiger partial charge in [-0.3, -0.25) is 0 Å². The van der Waals surface area contributed by atoms with Crippen molar-refractivity contribution in [3.8, 4) is 0 Å². The average molecular weight is 388 g/mol. The van der Waals surface area contributed by atoms with E-state index >= 15 is 0 Å². The maximum Gasteiger partial charge on any atom is 0.337 e. The highest BCUT2D eigenvalue weighted by atomic mass is 16.5. The molecule has 0 atom stereocenters. The molecule has 3 rings (SSSR count). The molecule has 3 heteroatoms. The molecule has 0 unspecified atom stereocenters. The molecule has 0 N–H and O–H groups in total. The molecule has 0 aliphatic carbocycles. The van der Waals surface area contributed by atoms with E-state index in [2.05, 4.69) is 80.3 Å². The van der Waals surface area contributed by atoms with Gasteiger partial charge in [-0.2, -0.15) is 0 Å². The largest absolute Gasteiger partial charge is 0.465 e. The number of rotatable bonds is 6. The van der Waals surface area contributed by atoms with Crippen LogP contribution in [0, 0.1) is 0 Å². The van der Waals surface area contributed by atoms with Crippen molar-refractivity contribution in [3.63, 3.8) is 0 Å². The molecule has 3 nitrogen and oxygen atoms in total. The van der Waals surface area contributed by atoms with Crippen LogP contribution in [0.1, 0.15) is 47.8 Å². The predicted octanol–water partition coefficient (Wildman–Crippen LogP) is 5.98. The van der Waals surface area contributed by atoms with Crippen LogP contribution in [0.3, 0.4) is 0 Å². The third kappa shape index (κ3) is 5.47. The van der Waals surface area contributed by atoms with Gasteiger partial charge >= 0.3 is 5.97 Å². The van der Waals surface area contributed by atoms with E-state index in [4.69, 9.17) is 4.74 Å². The zero-order valence-electron chi connectivity index (χ0n) is 17.7. The molecule has 0 radical (unpaired) electrons. The molecular formula is C26H29NO2. The van der Waals surface area contributed by atoms with Gasteiger partial charge in [0.1, 0.15) is 0 Å². The lowest BCUT2D eigenvalue weighted by Crippen LogP contribution is -2.24. The number of carbonyl (C=O) groups is 1. The number of carbonyl (C=O) groups excluding carboxylic acids is 1. The Labute approximate surface area is 174 Å².